The summed E-state index contributed by atoms with van der Waals surface area (Å²) in [5.41, 5.74) is -1.72. The number of ether oxygens (including phenoxy) is 1. The van der Waals surface area contributed by atoms with Crippen molar-refractivity contribution in [2.24, 2.45) is 23.2 Å². The van der Waals surface area contributed by atoms with Crippen molar-refractivity contribution in [3.8, 4) is 0 Å². The molecule has 0 amide bonds. The molecule has 0 aromatic heterocycles. The van der Waals surface area contributed by atoms with Crippen LogP contribution in [0.25, 0.3) is 0 Å². The Hall–Kier alpha value is -1.16. The van der Waals surface area contributed by atoms with Crippen LogP contribution in [-0.2, 0) is 14.3 Å². The van der Waals surface area contributed by atoms with Gasteiger partial charge < -0.3 is 9.84 Å². The molecule has 19 heavy (non-hydrogen) atoms. The van der Waals surface area contributed by atoms with Crippen LogP contribution in [0.3, 0.4) is 0 Å². The number of allylic oxidation sites excluding steroid dienone is 1. The predicted molar refractivity (Wildman–Crippen MR) is 68.1 cm³/mol. The fraction of sp³-hybridized carbons (Fsp3) is 0.733. The summed E-state index contributed by atoms with van der Waals surface area (Å²) >= 11 is 0. The normalized spacial score (nSPS) is 52.6. The van der Waals surface area contributed by atoms with Gasteiger partial charge in [-0.05, 0) is 31.9 Å². The van der Waals surface area contributed by atoms with Gasteiger partial charge in [0, 0.05) is 17.3 Å². The van der Waals surface area contributed by atoms with Crippen molar-refractivity contribution in [2.75, 3.05) is 0 Å². The molecule has 3 rings (SSSR count). The lowest BCUT2D eigenvalue weighted by molar-refractivity contribution is -0.167. The Balaban J connectivity index is 2.07. The van der Waals surface area contributed by atoms with E-state index in [0.29, 0.717) is 6.42 Å². The van der Waals surface area contributed by atoms with E-state index in [-0.39, 0.29) is 35.6 Å². The minimum atomic E-state index is -1.10. The van der Waals surface area contributed by atoms with Crippen molar-refractivity contribution >= 4 is 11.8 Å². The topological polar surface area (TPSA) is 63.6 Å². The molecule has 1 heterocycles. The van der Waals surface area contributed by atoms with Crippen LogP contribution in [0, 0.1) is 23.2 Å². The van der Waals surface area contributed by atoms with Gasteiger partial charge in [0.15, 0.2) is 5.78 Å². The maximum Gasteiger partial charge on any atom is 0.309 e. The standard InChI is InChI=1S/C15H20O4/c1-8-9-4-6-14(2)10(16)5-7-15(3,18)12(14)11(9)19-13(8)17/h5,7-9,11-12,18H,4,6H2,1-3H3/t8-,9+,11+,12+,14-,15-/m0/s1. The van der Waals surface area contributed by atoms with Gasteiger partial charge in [-0.2, -0.15) is 0 Å². The van der Waals surface area contributed by atoms with Crippen LogP contribution in [0.15, 0.2) is 12.2 Å². The molecule has 3 aliphatic rings. The summed E-state index contributed by atoms with van der Waals surface area (Å²) in [7, 11) is 0. The van der Waals surface area contributed by atoms with Crippen LogP contribution in [0.1, 0.15) is 33.6 Å². The molecular weight excluding hydrogens is 244 g/mol. The lowest BCUT2D eigenvalue weighted by Gasteiger charge is -2.52. The van der Waals surface area contributed by atoms with Gasteiger partial charge in [-0.1, -0.05) is 13.8 Å². The van der Waals surface area contributed by atoms with E-state index in [1.807, 2.05) is 13.8 Å². The number of ketones is 1. The number of esters is 1. The largest absolute Gasteiger partial charge is 0.461 e. The summed E-state index contributed by atoms with van der Waals surface area (Å²) in [6, 6.07) is 0. The van der Waals surface area contributed by atoms with Gasteiger partial charge in [-0.15, -0.1) is 0 Å². The van der Waals surface area contributed by atoms with Gasteiger partial charge in [-0.25, -0.2) is 0 Å². The first-order valence-electron chi connectivity index (χ1n) is 6.94. The van der Waals surface area contributed by atoms with Crippen LogP contribution >= 0.6 is 0 Å². The number of rotatable bonds is 0. The maximum absolute atomic E-state index is 12.3. The number of carbonyl (C=O) groups is 2. The zero-order valence-electron chi connectivity index (χ0n) is 11.6. The quantitative estimate of drug-likeness (QED) is 0.673. The first kappa shape index (κ1) is 12.9. The Labute approximate surface area is 112 Å². The summed E-state index contributed by atoms with van der Waals surface area (Å²) in [6.45, 7) is 5.48. The Morgan fingerprint density at radius 3 is 2.74 bits per heavy atom. The molecule has 6 atom stereocenters. The average Bonchev–Trinajstić information content (AvgIpc) is 2.60. The molecule has 4 nitrogen and oxygen atoms in total. The minimum Gasteiger partial charge on any atom is -0.461 e. The third kappa shape index (κ3) is 1.55. The zero-order valence-corrected chi connectivity index (χ0v) is 11.6. The lowest BCUT2D eigenvalue weighted by Crippen LogP contribution is -2.59. The van der Waals surface area contributed by atoms with Gasteiger partial charge in [0.2, 0.25) is 0 Å². The number of fused-ring (bicyclic) bond motifs is 3. The smallest absolute Gasteiger partial charge is 0.309 e. The molecule has 2 fully saturated rings. The third-order valence-corrected chi connectivity index (χ3v) is 5.46. The van der Waals surface area contributed by atoms with Gasteiger partial charge >= 0.3 is 5.97 Å². The summed E-state index contributed by atoms with van der Waals surface area (Å²) in [5, 5.41) is 10.6. The highest BCUT2D eigenvalue weighted by molar-refractivity contribution is 5.96. The van der Waals surface area contributed by atoms with Crippen molar-refractivity contribution in [2.45, 2.75) is 45.3 Å². The van der Waals surface area contributed by atoms with Crippen molar-refractivity contribution in [3.63, 3.8) is 0 Å². The molecule has 0 spiro atoms. The van der Waals surface area contributed by atoms with Crippen LogP contribution in [-0.4, -0.2) is 28.6 Å². The number of hydrogen-bond donors (Lipinski definition) is 1. The molecule has 1 saturated carbocycles. The van der Waals surface area contributed by atoms with Crippen LogP contribution in [0.4, 0.5) is 0 Å². The summed E-state index contributed by atoms with van der Waals surface area (Å²) in [5.74, 6) is -0.511. The van der Waals surface area contributed by atoms with E-state index in [2.05, 4.69) is 0 Å². The second-order valence-electron chi connectivity index (χ2n) is 6.71. The highest BCUT2D eigenvalue weighted by atomic mass is 16.6. The molecule has 1 saturated heterocycles. The number of carbonyl (C=O) groups excluding carboxylic acids is 2. The Morgan fingerprint density at radius 2 is 2.05 bits per heavy atom. The van der Waals surface area contributed by atoms with Crippen molar-refractivity contribution in [3.05, 3.63) is 12.2 Å². The molecule has 0 bridgehead atoms. The predicted octanol–water partition coefficient (Wildman–Crippen LogP) is 1.47. The van der Waals surface area contributed by atoms with Gasteiger partial charge in [0.25, 0.3) is 0 Å². The molecule has 2 aliphatic carbocycles. The first-order chi connectivity index (χ1) is 8.77. The molecule has 1 N–H and O–H groups in total. The van der Waals surface area contributed by atoms with E-state index in [4.69, 9.17) is 4.74 Å². The van der Waals surface area contributed by atoms with Gasteiger partial charge in [0.05, 0.1) is 11.5 Å². The third-order valence-electron chi connectivity index (χ3n) is 5.46. The Kier molecular flexibility index (Phi) is 2.50. The highest BCUT2D eigenvalue weighted by Crippen LogP contribution is 2.56. The molecule has 1 aliphatic heterocycles. The van der Waals surface area contributed by atoms with E-state index in [1.54, 1.807) is 13.0 Å². The zero-order chi connectivity index (χ0) is 14.0. The Bertz CT molecular complexity index is 479. The highest BCUT2D eigenvalue weighted by Gasteiger charge is 2.62. The summed E-state index contributed by atoms with van der Waals surface area (Å²) in [4.78, 5) is 24.1. The summed E-state index contributed by atoms with van der Waals surface area (Å²) < 4.78 is 5.51. The minimum absolute atomic E-state index is 0.0399. The lowest BCUT2D eigenvalue weighted by atomic mass is 9.53. The number of aliphatic hydroxyl groups is 1. The van der Waals surface area contributed by atoms with E-state index >= 15 is 0 Å². The van der Waals surface area contributed by atoms with Crippen LogP contribution in [0.5, 0.6) is 0 Å². The van der Waals surface area contributed by atoms with E-state index in [1.165, 1.54) is 6.08 Å². The molecule has 4 heteroatoms. The summed E-state index contributed by atoms with van der Waals surface area (Å²) in [6.07, 6.45) is 4.21. The van der Waals surface area contributed by atoms with E-state index in [0.717, 1.165) is 6.42 Å². The van der Waals surface area contributed by atoms with Gasteiger partial charge in [0.1, 0.15) is 6.10 Å². The molecule has 0 aromatic carbocycles. The van der Waals surface area contributed by atoms with Crippen molar-refractivity contribution in [1.82, 2.24) is 0 Å². The Morgan fingerprint density at radius 1 is 1.37 bits per heavy atom. The molecule has 0 radical (unpaired) electrons. The monoisotopic (exact) mass is 264 g/mol. The second-order valence-corrected chi connectivity index (χ2v) is 6.71. The SMILES string of the molecule is C[C@@H]1C(=O)O[C@@H]2[C@@H]1CC[C@@]1(C)C(=O)C=C[C@](C)(O)[C@H]21. The molecule has 0 aromatic rings. The van der Waals surface area contributed by atoms with E-state index < -0.39 is 11.0 Å². The van der Waals surface area contributed by atoms with Gasteiger partial charge in [-0.3, -0.25) is 9.59 Å². The van der Waals surface area contributed by atoms with Crippen LogP contribution in [0.2, 0.25) is 0 Å². The maximum atomic E-state index is 12.3. The van der Waals surface area contributed by atoms with Crippen molar-refractivity contribution in [1.29, 1.82) is 0 Å². The van der Waals surface area contributed by atoms with E-state index in [9.17, 15) is 14.7 Å². The molecular formula is C15H20O4. The number of hydrogen-bond acceptors (Lipinski definition) is 4. The second kappa shape index (κ2) is 3.69. The fourth-order valence-corrected chi connectivity index (χ4v) is 4.29. The molecule has 0 unspecified atom stereocenters. The van der Waals surface area contributed by atoms with Crippen molar-refractivity contribution < 1.29 is 19.4 Å². The first-order valence-corrected chi connectivity index (χ1v) is 6.94. The fourth-order valence-electron chi connectivity index (χ4n) is 4.29. The molecule has 104 valence electrons. The average molecular weight is 264 g/mol. The van der Waals surface area contributed by atoms with Crippen LogP contribution < -0.4 is 0 Å².